The number of hydrogen-bond acceptors (Lipinski definition) is 4. The number of aryl methyl sites for hydroxylation is 1. The molecule has 1 amide bonds. The number of benzene rings is 1. The molecule has 1 atom stereocenters. The first-order chi connectivity index (χ1) is 12.5. The third-order valence-electron chi connectivity index (χ3n) is 4.92. The Bertz CT molecular complexity index is 794. The molecule has 1 aromatic heterocycles. The van der Waals surface area contributed by atoms with Crippen molar-refractivity contribution >= 4 is 11.9 Å². The zero-order valence-corrected chi connectivity index (χ0v) is 15.5. The lowest BCUT2D eigenvalue weighted by Crippen LogP contribution is -2.41. The minimum Gasteiger partial charge on any atom is -0.464 e. The summed E-state index contributed by atoms with van der Waals surface area (Å²) in [4.78, 5) is 25.1. The van der Waals surface area contributed by atoms with Crippen LogP contribution in [-0.2, 0) is 14.3 Å². The number of esters is 1. The van der Waals surface area contributed by atoms with Crippen LogP contribution >= 0.6 is 0 Å². The summed E-state index contributed by atoms with van der Waals surface area (Å²) in [5, 5.41) is 7.49. The van der Waals surface area contributed by atoms with Crippen LogP contribution in [-0.4, -0.2) is 28.3 Å². The summed E-state index contributed by atoms with van der Waals surface area (Å²) in [7, 11) is 0. The molecule has 6 heteroatoms. The van der Waals surface area contributed by atoms with Crippen molar-refractivity contribution < 1.29 is 14.3 Å². The van der Waals surface area contributed by atoms with E-state index in [1.165, 1.54) is 0 Å². The molecule has 1 saturated carbocycles. The van der Waals surface area contributed by atoms with E-state index in [0.29, 0.717) is 11.3 Å². The van der Waals surface area contributed by atoms with Gasteiger partial charge >= 0.3 is 5.97 Å². The fraction of sp³-hybridized carbons (Fsp3) is 0.450. The van der Waals surface area contributed by atoms with Gasteiger partial charge in [-0.3, -0.25) is 4.79 Å². The Balaban J connectivity index is 1.96. The van der Waals surface area contributed by atoms with E-state index >= 15 is 0 Å². The van der Waals surface area contributed by atoms with Crippen LogP contribution in [0.5, 0.6) is 0 Å². The van der Waals surface area contributed by atoms with E-state index in [-0.39, 0.29) is 18.4 Å². The predicted molar refractivity (Wildman–Crippen MR) is 97.9 cm³/mol. The molecule has 1 heterocycles. The number of nitrogens with zero attached hydrogens (tertiary/aromatic N) is 2. The summed E-state index contributed by atoms with van der Waals surface area (Å²) >= 11 is 0. The second-order valence-corrected chi connectivity index (χ2v) is 6.65. The van der Waals surface area contributed by atoms with Crippen LogP contribution in [0.15, 0.2) is 30.3 Å². The molecule has 1 fully saturated rings. The number of hydrogen-bond donors (Lipinski definition) is 1. The average Bonchev–Trinajstić information content (AvgIpc) is 2.87. The molecule has 0 saturated heterocycles. The summed E-state index contributed by atoms with van der Waals surface area (Å²) in [5.41, 5.74) is 3.14. The Labute approximate surface area is 153 Å². The van der Waals surface area contributed by atoms with Gasteiger partial charge in [-0.15, -0.1) is 0 Å². The van der Waals surface area contributed by atoms with Gasteiger partial charge < -0.3 is 10.1 Å². The van der Waals surface area contributed by atoms with E-state index in [1.54, 1.807) is 11.6 Å². The highest BCUT2D eigenvalue weighted by atomic mass is 16.5. The fourth-order valence-electron chi connectivity index (χ4n) is 3.30. The molecule has 1 aliphatic carbocycles. The summed E-state index contributed by atoms with van der Waals surface area (Å²) in [5.74, 6) is -0.531. The molecule has 0 unspecified atom stereocenters. The lowest BCUT2D eigenvalue weighted by Gasteiger charge is -2.27. The number of aromatic nitrogens is 2. The maximum absolute atomic E-state index is 12.6. The zero-order chi connectivity index (χ0) is 18.7. The molecule has 0 radical (unpaired) electrons. The molecule has 0 aliphatic heterocycles. The van der Waals surface area contributed by atoms with Crippen LogP contribution in [0.25, 0.3) is 5.69 Å². The monoisotopic (exact) mass is 355 g/mol. The quantitative estimate of drug-likeness (QED) is 0.809. The lowest BCUT2D eigenvalue weighted by molar-refractivity contribution is -0.148. The third kappa shape index (κ3) is 3.49. The molecule has 0 bridgehead atoms. The van der Waals surface area contributed by atoms with Crippen molar-refractivity contribution in [2.75, 3.05) is 6.61 Å². The minimum atomic E-state index is -0.833. The fourth-order valence-corrected chi connectivity index (χ4v) is 3.30. The van der Waals surface area contributed by atoms with Gasteiger partial charge in [-0.25, -0.2) is 9.48 Å². The highest BCUT2D eigenvalue weighted by molar-refractivity contribution is 5.87. The summed E-state index contributed by atoms with van der Waals surface area (Å²) in [6, 6.07) is 8.89. The molecule has 1 aromatic carbocycles. The molecule has 6 nitrogen and oxygen atoms in total. The third-order valence-corrected chi connectivity index (χ3v) is 4.92. The number of rotatable bonds is 6. The molecule has 138 valence electrons. The van der Waals surface area contributed by atoms with Crippen LogP contribution in [0.1, 0.15) is 49.2 Å². The van der Waals surface area contributed by atoms with Crippen molar-refractivity contribution in [2.24, 2.45) is 5.92 Å². The van der Waals surface area contributed by atoms with Gasteiger partial charge in [0.15, 0.2) is 6.04 Å². The number of nitrogens with one attached hydrogen (secondary N) is 1. The largest absolute Gasteiger partial charge is 0.464 e. The van der Waals surface area contributed by atoms with E-state index in [0.717, 1.165) is 30.6 Å². The smallest absolute Gasteiger partial charge is 0.333 e. The molecule has 3 rings (SSSR count). The molecular weight excluding hydrogens is 330 g/mol. The second-order valence-electron chi connectivity index (χ2n) is 6.65. The van der Waals surface area contributed by atoms with E-state index < -0.39 is 12.0 Å². The van der Waals surface area contributed by atoms with Crippen LogP contribution < -0.4 is 5.32 Å². The number of para-hydroxylation sites is 1. The van der Waals surface area contributed by atoms with Gasteiger partial charge in [0.05, 0.1) is 18.0 Å². The van der Waals surface area contributed by atoms with E-state index in [1.807, 2.05) is 44.2 Å². The molecule has 1 N–H and O–H groups in total. The van der Waals surface area contributed by atoms with Gasteiger partial charge in [0.1, 0.15) is 0 Å². The van der Waals surface area contributed by atoms with E-state index in [9.17, 15) is 9.59 Å². The summed E-state index contributed by atoms with van der Waals surface area (Å²) in [6.45, 7) is 5.78. The molecule has 26 heavy (non-hydrogen) atoms. The van der Waals surface area contributed by atoms with E-state index in [4.69, 9.17) is 4.74 Å². The maximum atomic E-state index is 12.6. The van der Waals surface area contributed by atoms with Gasteiger partial charge in [-0.1, -0.05) is 24.6 Å². The number of ether oxygens (including phenoxy) is 1. The lowest BCUT2D eigenvalue weighted by atomic mass is 9.84. The van der Waals surface area contributed by atoms with Crippen LogP contribution in [0.4, 0.5) is 0 Å². The van der Waals surface area contributed by atoms with Gasteiger partial charge in [0.25, 0.3) is 0 Å². The van der Waals surface area contributed by atoms with Gasteiger partial charge in [0.2, 0.25) is 5.91 Å². The van der Waals surface area contributed by atoms with Crippen LogP contribution in [0.2, 0.25) is 0 Å². The first-order valence-corrected chi connectivity index (χ1v) is 9.11. The average molecular weight is 355 g/mol. The van der Waals surface area contributed by atoms with Crippen LogP contribution in [0.3, 0.4) is 0 Å². The van der Waals surface area contributed by atoms with Crippen molar-refractivity contribution in [3.63, 3.8) is 0 Å². The Morgan fingerprint density at radius 3 is 2.54 bits per heavy atom. The standard InChI is InChI=1S/C20H25N3O3/c1-4-26-20(25)18(21-19(24)15-9-8-10-15)17-13(2)22-23(14(17)3)16-11-6-5-7-12-16/h5-7,11-12,15,18H,4,8-10H2,1-3H3,(H,21,24)/t18-/m1/s1. The summed E-state index contributed by atoms with van der Waals surface area (Å²) < 4.78 is 7.02. The summed E-state index contributed by atoms with van der Waals surface area (Å²) in [6.07, 6.45) is 2.82. The first kappa shape index (κ1) is 18.2. The molecule has 1 aliphatic rings. The normalized spacial score (nSPS) is 15.2. The van der Waals surface area contributed by atoms with E-state index in [2.05, 4.69) is 10.4 Å². The second kappa shape index (κ2) is 7.72. The van der Waals surface area contributed by atoms with Gasteiger partial charge in [-0.05, 0) is 45.7 Å². The number of carbonyl (C=O) groups is 2. The van der Waals surface area contributed by atoms with Crippen molar-refractivity contribution in [3.8, 4) is 5.69 Å². The number of amides is 1. The molecule has 2 aromatic rings. The van der Waals surface area contributed by atoms with Crippen LogP contribution in [0, 0.1) is 19.8 Å². The zero-order valence-electron chi connectivity index (χ0n) is 15.5. The predicted octanol–water partition coefficient (Wildman–Crippen LogP) is 3.01. The first-order valence-electron chi connectivity index (χ1n) is 9.11. The molecular formula is C20H25N3O3. The van der Waals surface area contributed by atoms with Crippen molar-refractivity contribution in [1.82, 2.24) is 15.1 Å². The Hall–Kier alpha value is -2.63. The SMILES string of the molecule is CCOC(=O)[C@H](NC(=O)C1CCC1)c1c(C)nn(-c2ccccc2)c1C. The van der Waals surface area contributed by atoms with Gasteiger partial charge in [0, 0.05) is 17.2 Å². The number of carbonyl (C=O) groups excluding carboxylic acids is 2. The topological polar surface area (TPSA) is 73.2 Å². The minimum absolute atomic E-state index is 0.00305. The van der Waals surface area contributed by atoms with Crippen molar-refractivity contribution in [2.45, 2.75) is 46.1 Å². The highest BCUT2D eigenvalue weighted by Crippen LogP contribution is 2.29. The Morgan fingerprint density at radius 1 is 1.27 bits per heavy atom. The Morgan fingerprint density at radius 2 is 1.96 bits per heavy atom. The maximum Gasteiger partial charge on any atom is 0.333 e. The van der Waals surface area contributed by atoms with Crippen molar-refractivity contribution in [3.05, 3.63) is 47.3 Å². The van der Waals surface area contributed by atoms with Crippen molar-refractivity contribution in [1.29, 1.82) is 0 Å². The highest BCUT2D eigenvalue weighted by Gasteiger charge is 2.34. The molecule has 0 spiro atoms. The van der Waals surface area contributed by atoms with Gasteiger partial charge in [-0.2, -0.15) is 5.10 Å². The Kier molecular flexibility index (Phi) is 5.40.